The molecule has 0 saturated carbocycles. The Labute approximate surface area is 253 Å². The number of thiazole rings is 1. The highest BCUT2D eigenvalue weighted by Crippen LogP contribution is 2.50. The van der Waals surface area contributed by atoms with Gasteiger partial charge >= 0.3 is 5.97 Å². The molecule has 0 radical (unpaired) electrons. The zero-order chi connectivity index (χ0) is 30.3. The van der Waals surface area contributed by atoms with Crippen molar-refractivity contribution in [2.24, 2.45) is 0 Å². The van der Waals surface area contributed by atoms with Crippen LogP contribution in [0, 0.1) is 0 Å². The number of carboxylic acid groups (broad SMARTS) is 1. The van der Waals surface area contributed by atoms with Crippen molar-refractivity contribution >= 4 is 49.4 Å². The molecule has 1 aliphatic heterocycles. The van der Waals surface area contributed by atoms with Crippen LogP contribution in [-0.2, 0) is 26.9 Å². The van der Waals surface area contributed by atoms with Crippen LogP contribution in [-0.4, -0.2) is 30.6 Å². The molecule has 4 rings (SSSR count). The van der Waals surface area contributed by atoms with Crippen LogP contribution in [0.3, 0.4) is 0 Å². The van der Waals surface area contributed by atoms with Crippen molar-refractivity contribution in [3.05, 3.63) is 83.0 Å². The first-order valence-corrected chi connectivity index (χ1v) is 16.9. The number of fused-ring (bicyclic) bond motifs is 2. The number of aromatic nitrogens is 1. The van der Waals surface area contributed by atoms with E-state index in [4.69, 9.17) is 5.11 Å². The van der Waals surface area contributed by atoms with Crippen molar-refractivity contribution in [1.82, 2.24) is 0 Å². The highest BCUT2D eigenvalue weighted by atomic mass is 32.2. The van der Waals surface area contributed by atoms with Gasteiger partial charge in [-0.3, -0.25) is 9.35 Å². The Balaban J connectivity index is 1.61. The lowest BCUT2D eigenvalue weighted by Gasteiger charge is -2.30. The van der Waals surface area contributed by atoms with Gasteiger partial charge in [0.1, 0.15) is 11.2 Å². The largest absolute Gasteiger partial charge is 0.481 e. The minimum atomic E-state index is -4.26. The predicted octanol–water partition coefficient (Wildman–Crippen LogP) is 7.52. The highest BCUT2D eigenvalue weighted by molar-refractivity contribution is 7.85. The first-order chi connectivity index (χ1) is 20.1. The normalized spacial score (nSPS) is 18.2. The van der Waals surface area contributed by atoms with Gasteiger partial charge in [0.25, 0.3) is 15.1 Å². The zero-order valence-electron chi connectivity index (χ0n) is 24.6. The topological polar surface area (TPSA) is 98.8 Å². The number of unbranched alkanes of at least 4 members (excludes halogenated alkanes) is 2. The molecule has 0 saturated heterocycles. The summed E-state index contributed by atoms with van der Waals surface area (Å²) in [6.07, 6.45) is 16.0. The Morgan fingerprint density at radius 3 is 2.55 bits per heavy atom. The summed E-state index contributed by atoms with van der Waals surface area (Å²) in [4.78, 5) is 13.3. The number of hydrogen-bond donors (Lipinski definition) is 2. The summed E-state index contributed by atoms with van der Waals surface area (Å²) < 4.78 is 35.7. The number of para-hydroxylation sites is 1. The Morgan fingerprint density at radius 1 is 1.05 bits per heavy atom. The Hall–Kier alpha value is -3.27. The minimum Gasteiger partial charge on any atom is -0.481 e. The van der Waals surface area contributed by atoms with Gasteiger partial charge in [0, 0.05) is 48.3 Å². The molecule has 3 aromatic rings. The van der Waals surface area contributed by atoms with Gasteiger partial charge in [-0.05, 0) is 56.0 Å². The Morgan fingerprint density at radius 2 is 1.83 bits per heavy atom. The Bertz CT molecular complexity index is 1620. The molecule has 0 aliphatic carbocycles. The maximum Gasteiger partial charge on any atom is 0.303 e. The van der Waals surface area contributed by atoms with Crippen molar-refractivity contribution in [2.75, 3.05) is 11.4 Å². The van der Waals surface area contributed by atoms with Gasteiger partial charge in [-0.1, -0.05) is 74.5 Å². The number of benzene rings is 2. The van der Waals surface area contributed by atoms with E-state index >= 15 is 0 Å². The molecule has 1 aliphatic rings. The molecule has 7 nitrogen and oxygen atoms in total. The monoisotopic (exact) mass is 609 g/mol. The van der Waals surface area contributed by atoms with E-state index in [1.807, 2.05) is 18.2 Å². The van der Waals surface area contributed by atoms with Gasteiger partial charge in [-0.25, -0.2) is 0 Å². The summed E-state index contributed by atoms with van der Waals surface area (Å²) in [5.74, 6) is -0.737. The van der Waals surface area contributed by atoms with Crippen LogP contribution in [0.4, 0.5) is 5.69 Å². The second-order valence-electron chi connectivity index (χ2n) is 10.9. The van der Waals surface area contributed by atoms with E-state index in [1.54, 1.807) is 6.07 Å². The smallest absolute Gasteiger partial charge is 0.303 e. The maximum atomic E-state index is 11.6. The van der Waals surface area contributed by atoms with E-state index in [9.17, 15) is 17.8 Å². The highest BCUT2D eigenvalue weighted by Gasteiger charge is 2.42. The van der Waals surface area contributed by atoms with E-state index in [0.29, 0.717) is 6.42 Å². The molecule has 0 amide bonds. The van der Waals surface area contributed by atoms with Gasteiger partial charge in [-0.2, -0.15) is 13.0 Å². The van der Waals surface area contributed by atoms with Crippen LogP contribution >= 0.6 is 11.3 Å². The molecule has 2 heterocycles. The molecule has 42 heavy (non-hydrogen) atoms. The maximum absolute atomic E-state index is 11.6. The van der Waals surface area contributed by atoms with Gasteiger partial charge in [-0.15, -0.1) is 0 Å². The third-order valence-corrected chi connectivity index (χ3v) is 9.79. The summed E-state index contributed by atoms with van der Waals surface area (Å²) in [7, 11) is -4.26. The Kier molecular flexibility index (Phi) is 10.4. The van der Waals surface area contributed by atoms with Crippen molar-refractivity contribution < 1.29 is 27.4 Å². The summed E-state index contributed by atoms with van der Waals surface area (Å²) in [6.45, 7) is 8.32. The lowest BCUT2D eigenvalue weighted by Crippen LogP contribution is -2.34. The van der Waals surface area contributed by atoms with Gasteiger partial charge in [0.2, 0.25) is 5.52 Å². The van der Waals surface area contributed by atoms with Crippen LogP contribution in [0.25, 0.3) is 16.3 Å². The summed E-state index contributed by atoms with van der Waals surface area (Å²) in [5, 5.41) is 10.0. The number of allylic oxidation sites excluding steroid dienone is 5. The number of hydrogen-bond acceptors (Lipinski definition) is 5. The van der Waals surface area contributed by atoms with E-state index < -0.39 is 16.1 Å². The number of aliphatic carboxylic acids is 1. The van der Waals surface area contributed by atoms with Gasteiger partial charge in [0.15, 0.2) is 0 Å². The molecule has 0 bridgehead atoms. The average Bonchev–Trinajstić information content (AvgIpc) is 3.40. The predicted molar refractivity (Wildman–Crippen MR) is 171 cm³/mol. The molecular formula is C33H41N2O5S2+. The van der Waals surface area contributed by atoms with E-state index in [1.165, 1.54) is 40.4 Å². The lowest BCUT2D eigenvalue weighted by molar-refractivity contribution is -0.668. The first kappa shape index (κ1) is 31.7. The van der Waals surface area contributed by atoms with Crippen molar-refractivity contribution in [3.63, 3.8) is 0 Å². The van der Waals surface area contributed by atoms with Crippen LogP contribution in [0.1, 0.15) is 76.3 Å². The number of rotatable bonds is 14. The van der Waals surface area contributed by atoms with E-state index in [-0.39, 0.29) is 16.7 Å². The minimum absolute atomic E-state index is 0.0962. The second kappa shape index (κ2) is 13.8. The molecule has 9 heteroatoms. The number of anilines is 1. The fourth-order valence-electron chi connectivity index (χ4n) is 5.85. The molecule has 224 valence electrons. The quantitative estimate of drug-likeness (QED) is 0.0849. The van der Waals surface area contributed by atoms with Crippen molar-refractivity contribution in [1.29, 1.82) is 0 Å². The first-order valence-electron chi connectivity index (χ1n) is 14.7. The fraction of sp³-hybridized carbons (Fsp3) is 0.394. The summed E-state index contributed by atoms with van der Waals surface area (Å²) in [5.41, 5.74) is 4.61. The van der Waals surface area contributed by atoms with Gasteiger partial charge < -0.3 is 10.0 Å². The molecule has 1 atom stereocenters. The van der Waals surface area contributed by atoms with E-state index in [2.05, 4.69) is 66.7 Å². The number of aryl methyl sites for hydroxylation is 1. The average molecular weight is 610 g/mol. The standard InChI is InChI=1S/C33H40N2O5S2/c1-4-22-34-27-15-12-11-14-26(27)33(3,21-13-7-10-18-32(36)37)30(34)16-8-6-9-17-31-35(23-5-2)28-20-19-25(42(38,39)40)24-29(28)41-31/h6,8-9,11-12,14-17,19-20,24H,4-5,7,10,13,18,21-23H2,1-3H3,(H-,36,37,38,39,40)/p+1. The number of carboxylic acids is 1. The second-order valence-corrected chi connectivity index (χ2v) is 13.4. The number of carbonyl (C=O) groups is 1. The van der Waals surface area contributed by atoms with Crippen LogP contribution in [0.2, 0.25) is 0 Å². The molecular weight excluding hydrogens is 569 g/mol. The number of nitrogens with zero attached hydrogens (tertiary/aromatic N) is 2. The van der Waals surface area contributed by atoms with Crippen LogP contribution in [0.15, 0.2) is 77.4 Å². The molecule has 1 unspecified atom stereocenters. The van der Waals surface area contributed by atoms with Crippen molar-refractivity contribution in [3.8, 4) is 0 Å². The molecule has 2 aromatic carbocycles. The van der Waals surface area contributed by atoms with Crippen molar-refractivity contribution in [2.45, 2.75) is 82.6 Å². The third kappa shape index (κ3) is 7.02. The molecule has 0 fully saturated rings. The summed E-state index contributed by atoms with van der Waals surface area (Å²) in [6, 6.07) is 13.3. The summed E-state index contributed by atoms with van der Waals surface area (Å²) >= 11 is 1.50. The van der Waals surface area contributed by atoms with E-state index in [0.717, 1.165) is 60.4 Å². The van der Waals surface area contributed by atoms with Crippen LogP contribution < -0.4 is 9.47 Å². The van der Waals surface area contributed by atoms with Crippen LogP contribution in [0.5, 0.6) is 0 Å². The lowest BCUT2D eigenvalue weighted by atomic mass is 9.77. The van der Waals surface area contributed by atoms with Gasteiger partial charge in [0.05, 0.1) is 4.90 Å². The fourth-order valence-corrected chi connectivity index (χ4v) is 7.57. The molecule has 1 aromatic heterocycles. The molecule has 0 spiro atoms. The SMILES string of the molecule is CCCN1\C(=C/C=C/C=C/c2sc3cc(S(=O)(=O)O)ccc3[n+]2CCC)C(C)(CCCCCC(=O)O)c2ccccc21. The molecule has 2 N–H and O–H groups in total. The zero-order valence-corrected chi connectivity index (χ0v) is 26.3. The third-order valence-electron chi connectivity index (χ3n) is 7.82.